The van der Waals surface area contributed by atoms with E-state index in [4.69, 9.17) is 0 Å². The van der Waals surface area contributed by atoms with Crippen molar-refractivity contribution >= 4 is 5.91 Å². The number of rotatable bonds is 5. The highest BCUT2D eigenvalue weighted by Gasteiger charge is 2.20. The third-order valence-corrected chi connectivity index (χ3v) is 3.55. The van der Waals surface area contributed by atoms with Gasteiger partial charge in [0.15, 0.2) is 0 Å². The van der Waals surface area contributed by atoms with Gasteiger partial charge in [-0.25, -0.2) is 0 Å². The van der Waals surface area contributed by atoms with Crippen LogP contribution in [0.3, 0.4) is 0 Å². The molecule has 0 saturated carbocycles. The number of likely N-dealkylation sites (tertiary alicyclic amines) is 1. The van der Waals surface area contributed by atoms with Gasteiger partial charge in [-0.1, -0.05) is 6.92 Å². The van der Waals surface area contributed by atoms with Crippen LogP contribution < -0.4 is 5.32 Å². The van der Waals surface area contributed by atoms with Crippen LogP contribution in [0.1, 0.15) is 36.5 Å². The number of amides is 1. The maximum absolute atomic E-state index is 11.9. The molecule has 1 fully saturated rings. The van der Waals surface area contributed by atoms with E-state index in [-0.39, 0.29) is 5.91 Å². The van der Waals surface area contributed by atoms with E-state index in [0.717, 1.165) is 13.0 Å². The van der Waals surface area contributed by atoms with E-state index >= 15 is 0 Å². The van der Waals surface area contributed by atoms with E-state index in [1.54, 1.807) is 24.5 Å². The quantitative estimate of drug-likeness (QED) is 0.861. The van der Waals surface area contributed by atoms with Crippen molar-refractivity contribution in [2.24, 2.45) is 0 Å². The smallest absolute Gasteiger partial charge is 0.252 e. The minimum Gasteiger partial charge on any atom is -0.350 e. The Morgan fingerprint density at radius 3 is 2.89 bits per heavy atom. The molecule has 1 aliphatic heterocycles. The van der Waals surface area contributed by atoms with E-state index in [1.807, 2.05) is 0 Å². The Morgan fingerprint density at radius 1 is 1.50 bits per heavy atom. The van der Waals surface area contributed by atoms with Gasteiger partial charge in [0.1, 0.15) is 0 Å². The molecule has 0 radical (unpaired) electrons. The fourth-order valence-corrected chi connectivity index (χ4v) is 2.45. The molecule has 0 aromatic carbocycles. The lowest BCUT2D eigenvalue weighted by atomic mass is 10.2. The molecule has 1 aromatic heterocycles. The number of hydrogen-bond acceptors (Lipinski definition) is 3. The largest absolute Gasteiger partial charge is 0.350 e. The van der Waals surface area contributed by atoms with Crippen LogP contribution in [0.4, 0.5) is 0 Å². The summed E-state index contributed by atoms with van der Waals surface area (Å²) in [6, 6.07) is 4.04. The Kier molecular flexibility index (Phi) is 4.70. The Morgan fingerprint density at radius 2 is 2.28 bits per heavy atom. The van der Waals surface area contributed by atoms with Crippen LogP contribution in [0.5, 0.6) is 0 Å². The van der Waals surface area contributed by atoms with Gasteiger partial charge in [-0.2, -0.15) is 0 Å². The van der Waals surface area contributed by atoms with Crippen LogP contribution >= 0.6 is 0 Å². The van der Waals surface area contributed by atoms with Gasteiger partial charge in [-0.3, -0.25) is 14.7 Å². The summed E-state index contributed by atoms with van der Waals surface area (Å²) in [6.07, 6.45) is 6.93. The highest BCUT2D eigenvalue weighted by molar-refractivity contribution is 5.93. The van der Waals surface area contributed by atoms with E-state index < -0.39 is 0 Å². The summed E-state index contributed by atoms with van der Waals surface area (Å²) in [4.78, 5) is 18.3. The fraction of sp³-hybridized carbons (Fsp3) is 0.571. The monoisotopic (exact) mass is 247 g/mol. The summed E-state index contributed by atoms with van der Waals surface area (Å²) in [5.74, 6) is -0.0271. The van der Waals surface area contributed by atoms with Crippen molar-refractivity contribution in [2.75, 3.05) is 19.6 Å². The van der Waals surface area contributed by atoms with Crippen LogP contribution in [-0.4, -0.2) is 41.5 Å². The molecule has 0 spiro atoms. The standard InChI is InChI=1S/C14H21N3O/c1-2-13(17-8-3-4-9-17)11-16-14(18)12-6-5-7-15-10-12/h5-7,10,13H,2-4,8-9,11H2,1H3,(H,16,18)/t13-/m0/s1. The summed E-state index contributed by atoms with van der Waals surface area (Å²) in [7, 11) is 0. The van der Waals surface area contributed by atoms with Crippen LogP contribution in [0.25, 0.3) is 0 Å². The van der Waals surface area contributed by atoms with Crippen molar-refractivity contribution in [1.82, 2.24) is 15.2 Å². The van der Waals surface area contributed by atoms with Crippen molar-refractivity contribution in [1.29, 1.82) is 0 Å². The van der Waals surface area contributed by atoms with Gasteiger partial charge < -0.3 is 5.32 Å². The van der Waals surface area contributed by atoms with Gasteiger partial charge in [0.25, 0.3) is 5.91 Å². The predicted molar refractivity (Wildman–Crippen MR) is 71.5 cm³/mol. The zero-order chi connectivity index (χ0) is 12.8. The lowest BCUT2D eigenvalue weighted by Crippen LogP contribution is -2.42. The summed E-state index contributed by atoms with van der Waals surface area (Å²) < 4.78 is 0. The molecule has 2 heterocycles. The molecular weight excluding hydrogens is 226 g/mol. The molecule has 1 atom stereocenters. The molecule has 1 saturated heterocycles. The maximum Gasteiger partial charge on any atom is 0.252 e. The third kappa shape index (κ3) is 3.29. The van der Waals surface area contributed by atoms with Crippen LogP contribution in [-0.2, 0) is 0 Å². The van der Waals surface area contributed by atoms with E-state index in [2.05, 4.69) is 22.1 Å². The zero-order valence-corrected chi connectivity index (χ0v) is 10.9. The molecule has 2 rings (SSSR count). The number of aromatic nitrogens is 1. The first-order valence-corrected chi connectivity index (χ1v) is 6.73. The van der Waals surface area contributed by atoms with E-state index in [0.29, 0.717) is 11.6 Å². The van der Waals surface area contributed by atoms with Crippen LogP contribution in [0.2, 0.25) is 0 Å². The predicted octanol–water partition coefficient (Wildman–Crippen LogP) is 1.69. The molecule has 4 nitrogen and oxygen atoms in total. The first-order valence-electron chi connectivity index (χ1n) is 6.73. The first kappa shape index (κ1) is 13.0. The third-order valence-electron chi connectivity index (χ3n) is 3.55. The summed E-state index contributed by atoms with van der Waals surface area (Å²) in [5, 5.41) is 3.01. The summed E-state index contributed by atoms with van der Waals surface area (Å²) >= 11 is 0. The lowest BCUT2D eigenvalue weighted by molar-refractivity contribution is 0.0936. The minimum atomic E-state index is -0.0271. The van der Waals surface area contributed by atoms with Crippen molar-refractivity contribution in [2.45, 2.75) is 32.2 Å². The Bertz CT molecular complexity index is 374. The molecule has 1 aliphatic rings. The SMILES string of the molecule is CC[C@@H](CNC(=O)c1cccnc1)N1CCCC1. The van der Waals surface area contributed by atoms with Gasteiger partial charge in [0.05, 0.1) is 5.56 Å². The van der Waals surface area contributed by atoms with Crippen molar-refractivity contribution < 1.29 is 4.79 Å². The van der Waals surface area contributed by atoms with Gasteiger partial charge in [-0.15, -0.1) is 0 Å². The van der Waals surface area contributed by atoms with Crippen LogP contribution in [0.15, 0.2) is 24.5 Å². The van der Waals surface area contributed by atoms with Gasteiger partial charge >= 0.3 is 0 Å². The molecule has 0 aliphatic carbocycles. The summed E-state index contributed by atoms with van der Waals surface area (Å²) in [6.45, 7) is 5.24. The van der Waals surface area contributed by atoms with Crippen molar-refractivity contribution in [3.05, 3.63) is 30.1 Å². The van der Waals surface area contributed by atoms with Crippen LogP contribution in [0, 0.1) is 0 Å². The van der Waals surface area contributed by atoms with Crippen molar-refractivity contribution in [3.8, 4) is 0 Å². The molecule has 0 unspecified atom stereocenters. The fourth-order valence-electron chi connectivity index (χ4n) is 2.45. The van der Waals surface area contributed by atoms with Crippen molar-refractivity contribution in [3.63, 3.8) is 0 Å². The molecule has 98 valence electrons. The second-order valence-electron chi connectivity index (χ2n) is 4.76. The van der Waals surface area contributed by atoms with Gasteiger partial charge in [-0.05, 0) is 44.5 Å². The second kappa shape index (κ2) is 6.50. The molecule has 4 heteroatoms. The molecule has 1 N–H and O–H groups in total. The molecular formula is C14H21N3O. The highest BCUT2D eigenvalue weighted by Crippen LogP contribution is 2.13. The number of nitrogens with one attached hydrogen (secondary N) is 1. The van der Waals surface area contributed by atoms with E-state index in [9.17, 15) is 4.79 Å². The number of carbonyl (C=O) groups excluding carboxylic acids is 1. The number of carbonyl (C=O) groups is 1. The molecule has 1 amide bonds. The number of hydrogen-bond donors (Lipinski definition) is 1. The zero-order valence-electron chi connectivity index (χ0n) is 10.9. The number of pyridine rings is 1. The lowest BCUT2D eigenvalue weighted by Gasteiger charge is -2.26. The number of nitrogens with zero attached hydrogens (tertiary/aromatic N) is 2. The molecule has 0 bridgehead atoms. The topological polar surface area (TPSA) is 45.2 Å². The molecule has 18 heavy (non-hydrogen) atoms. The highest BCUT2D eigenvalue weighted by atomic mass is 16.1. The second-order valence-corrected chi connectivity index (χ2v) is 4.76. The minimum absolute atomic E-state index is 0.0271. The molecule has 1 aromatic rings. The normalized spacial score (nSPS) is 17.6. The summed E-state index contributed by atoms with van der Waals surface area (Å²) in [5.41, 5.74) is 0.633. The average molecular weight is 247 g/mol. The van der Waals surface area contributed by atoms with Gasteiger partial charge in [0, 0.05) is 25.0 Å². The maximum atomic E-state index is 11.9. The Labute approximate surface area is 108 Å². The van der Waals surface area contributed by atoms with Gasteiger partial charge in [0.2, 0.25) is 0 Å². The Balaban J connectivity index is 1.84. The first-order chi connectivity index (χ1) is 8.81. The Hall–Kier alpha value is -1.42. The average Bonchev–Trinajstić information content (AvgIpc) is 2.94. The van der Waals surface area contributed by atoms with E-state index in [1.165, 1.54) is 25.9 Å².